The fourth-order valence-electron chi connectivity index (χ4n) is 2.59. The summed E-state index contributed by atoms with van der Waals surface area (Å²) in [6.45, 7) is 2.81. The Morgan fingerprint density at radius 2 is 2.26 bits per heavy atom. The van der Waals surface area contributed by atoms with E-state index in [1.165, 1.54) is 6.42 Å². The highest BCUT2D eigenvalue weighted by molar-refractivity contribution is 9.09. The van der Waals surface area contributed by atoms with Crippen molar-refractivity contribution >= 4 is 33.4 Å². The molecule has 2 nitrogen and oxygen atoms in total. The number of nitrogens with zero attached hydrogens (tertiary/aromatic N) is 1. The van der Waals surface area contributed by atoms with Crippen LogP contribution < -0.4 is 0 Å². The van der Waals surface area contributed by atoms with Crippen LogP contribution in [0.4, 0.5) is 0 Å². The molecular weight excluding hydrogens is 326 g/mol. The van der Waals surface area contributed by atoms with E-state index in [1.54, 1.807) is 6.07 Å². The van der Waals surface area contributed by atoms with Gasteiger partial charge in [0.1, 0.15) is 0 Å². The standard InChI is InChI=1S/C15H19BrClNO/c1-11-5-6-12(10-14(11)17)15(19)18-9-3-2-4-13(18)7-8-16/h5-6,10,13H,2-4,7-9H2,1H3. The largest absolute Gasteiger partial charge is 0.336 e. The zero-order valence-electron chi connectivity index (χ0n) is 11.2. The van der Waals surface area contributed by atoms with Crippen molar-refractivity contribution in [2.24, 2.45) is 0 Å². The molecule has 1 aromatic rings. The number of piperidine rings is 1. The topological polar surface area (TPSA) is 20.3 Å². The Bertz CT molecular complexity index is 461. The summed E-state index contributed by atoms with van der Waals surface area (Å²) in [4.78, 5) is 14.6. The highest BCUT2D eigenvalue weighted by Crippen LogP contribution is 2.24. The van der Waals surface area contributed by atoms with Crippen LogP contribution in [0.15, 0.2) is 18.2 Å². The Morgan fingerprint density at radius 3 is 2.95 bits per heavy atom. The Labute approximate surface area is 128 Å². The summed E-state index contributed by atoms with van der Waals surface area (Å²) in [5.41, 5.74) is 1.71. The summed E-state index contributed by atoms with van der Waals surface area (Å²) in [7, 11) is 0. The lowest BCUT2D eigenvalue weighted by Gasteiger charge is -2.35. The zero-order chi connectivity index (χ0) is 13.8. The number of carbonyl (C=O) groups is 1. The van der Waals surface area contributed by atoms with Gasteiger partial charge in [-0.3, -0.25) is 4.79 Å². The lowest BCUT2D eigenvalue weighted by molar-refractivity contribution is 0.0610. The number of halogens is 2. The van der Waals surface area contributed by atoms with E-state index in [4.69, 9.17) is 11.6 Å². The summed E-state index contributed by atoms with van der Waals surface area (Å²) in [5.74, 6) is 0.118. The second kappa shape index (κ2) is 6.76. The van der Waals surface area contributed by atoms with Gasteiger partial charge in [-0.2, -0.15) is 0 Å². The summed E-state index contributed by atoms with van der Waals surface area (Å²) >= 11 is 9.60. The van der Waals surface area contributed by atoms with Crippen molar-refractivity contribution in [2.45, 2.75) is 38.6 Å². The van der Waals surface area contributed by atoms with Gasteiger partial charge in [0.2, 0.25) is 0 Å². The third-order valence-electron chi connectivity index (χ3n) is 3.75. The molecule has 1 unspecified atom stereocenters. The van der Waals surface area contributed by atoms with Crippen molar-refractivity contribution in [3.8, 4) is 0 Å². The molecule has 104 valence electrons. The zero-order valence-corrected chi connectivity index (χ0v) is 13.5. The Balaban J connectivity index is 2.18. The molecule has 19 heavy (non-hydrogen) atoms. The van der Waals surface area contributed by atoms with Gasteiger partial charge in [0, 0.05) is 28.5 Å². The van der Waals surface area contributed by atoms with Crippen LogP contribution in [0.2, 0.25) is 5.02 Å². The van der Waals surface area contributed by atoms with Gasteiger partial charge in [-0.05, 0) is 50.3 Å². The molecule has 1 heterocycles. The van der Waals surface area contributed by atoms with Crippen LogP contribution in [0.25, 0.3) is 0 Å². The number of hydrogen-bond acceptors (Lipinski definition) is 1. The first-order valence-electron chi connectivity index (χ1n) is 6.76. The van der Waals surface area contributed by atoms with E-state index in [1.807, 2.05) is 24.0 Å². The molecule has 2 rings (SSSR count). The third-order valence-corrected chi connectivity index (χ3v) is 4.61. The van der Waals surface area contributed by atoms with Crippen LogP contribution >= 0.6 is 27.5 Å². The molecule has 0 bridgehead atoms. The molecule has 1 fully saturated rings. The summed E-state index contributed by atoms with van der Waals surface area (Å²) in [5, 5.41) is 1.61. The van der Waals surface area contributed by atoms with Crippen LogP contribution in [-0.4, -0.2) is 28.7 Å². The SMILES string of the molecule is Cc1ccc(C(=O)N2CCCCC2CCBr)cc1Cl. The highest BCUT2D eigenvalue weighted by Gasteiger charge is 2.27. The minimum atomic E-state index is 0.118. The quantitative estimate of drug-likeness (QED) is 0.743. The maximum Gasteiger partial charge on any atom is 0.254 e. The lowest BCUT2D eigenvalue weighted by atomic mass is 9.98. The van der Waals surface area contributed by atoms with Crippen molar-refractivity contribution in [3.05, 3.63) is 34.3 Å². The average molecular weight is 345 g/mol. The van der Waals surface area contributed by atoms with Crippen LogP contribution in [0.5, 0.6) is 0 Å². The third kappa shape index (κ3) is 3.51. The number of carbonyl (C=O) groups excluding carboxylic acids is 1. The number of benzene rings is 1. The van der Waals surface area contributed by atoms with E-state index in [0.717, 1.165) is 36.7 Å². The van der Waals surface area contributed by atoms with Crippen molar-refractivity contribution < 1.29 is 4.79 Å². The molecule has 1 atom stereocenters. The molecule has 0 spiro atoms. The van der Waals surface area contributed by atoms with Crippen molar-refractivity contribution in [2.75, 3.05) is 11.9 Å². The predicted molar refractivity (Wildman–Crippen MR) is 83.3 cm³/mol. The van der Waals surface area contributed by atoms with Gasteiger partial charge >= 0.3 is 0 Å². The van der Waals surface area contributed by atoms with Gasteiger partial charge in [0.05, 0.1) is 0 Å². The molecule has 0 aromatic heterocycles. The number of amides is 1. The van der Waals surface area contributed by atoms with Crippen LogP contribution in [0, 0.1) is 6.92 Å². The predicted octanol–water partition coefficient (Wildman–Crippen LogP) is 4.43. The molecule has 0 radical (unpaired) electrons. The second-order valence-corrected chi connectivity index (χ2v) is 6.29. The molecular formula is C15H19BrClNO. The Kier molecular flexibility index (Phi) is 5.28. The monoisotopic (exact) mass is 343 g/mol. The first kappa shape index (κ1) is 14.9. The van der Waals surface area contributed by atoms with Gasteiger partial charge in [-0.1, -0.05) is 33.6 Å². The van der Waals surface area contributed by atoms with Crippen molar-refractivity contribution in [3.63, 3.8) is 0 Å². The van der Waals surface area contributed by atoms with Crippen molar-refractivity contribution in [1.82, 2.24) is 4.90 Å². The van der Waals surface area contributed by atoms with Crippen LogP contribution in [0.1, 0.15) is 41.6 Å². The molecule has 0 N–H and O–H groups in total. The van der Waals surface area contributed by atoms with Crippen LogP contribution in [-0.2, 0) is 0 Å². The number of likely N-dealkylation sites (tertiary alicyclic amines) is 1. The molecule has 1 aliphatic heterocycles. The molecule has 0 aliphatic carbocycles. The summed E-state index contributed by atoms with van der Waals surface area (Å²) in [6, 6.07) is 5.95. The molecule has 0 saturated carbocycles. The van der Waals surface area contributed by atoms with E-state index < -0.39 is 0 Å². The molecule has 1 amide bonds. The summed E-state index contributed by atoms with van der Waals surface area (Å²) < 4.78 is 0. The molecule has 1 aliphatic rings. The van der Waals surface area contributed by atoms with E-state index in [2.05, 4.69) is 15.9 Å². The van der Waals surface area contributed by atoms with Gasteiger partial charge in [-0.25, -0.2) is 0 Å². The Morgan fingerprint density at radius 1 is 1.47 bits per heavy atom. The number of alkyl halides is 1. The lowest BCUT2D eigenvalue weighted by Crippen LogP contribution is -2.43. The molecule has 4 heteroatoms. The maximum absolute atomic E-state index is 12.6. The highest BCUT2D eigenvalue weighted by atomic mass is 79.9. The summed E-state index contributed by atoms with van der Waals surface area (Å²) in [6.07, 6.45) is 4.45. The van der Waals surface area contributed by atoms with Gasteiger partial charge in [0.25, 0.3) is 5.91 Å². The number of aryl methyl sites for hydroxylation is 1. The first-order chi connectivity index (χ1) is 9.13. The average Bonchev–Trinajstić information content (AvgIpc) is 2.42. The fourth-order valence-corrected chi connectivity index (χ4v) is 3.29. The van der Waals surface area contributed by atoms with Gasteiger partial charge in [0.15, 0.2) is 0 Å². The molecule has 1 aromatic carbocycles. The molecule has 1 saturated heterocycles. The minimum Gasteiger partial charge on any atom is -0.336 e. The Hall–Kier alpha value is -0.540. The normalized spacial score (nSPS) is 19.5. The maximum atomic E-state index is 12.6. The van der Waals surface area contributed by atoms with Gasteiger partial charge < -0.3 is 4.90 Å². The first-order valence-corrected chi connectivity index (χ1v) is 8.26. The van der Waals surface area contributed by atoms with E-state index in [-0.39, 0.29) is 5.91 Å². The van der Waals surface area contributed by atoms with Crippen LogP contribution in [0.3, 0.4) is 0 Å². The number of hydrogen-bond donors (Lipinski definition) is 0. The van der Waals surface area contributed by atoms with E-state index in [0.29, 0.717) is 16.6 Å². The van der Waals surface area contributed by atoms with E-state index >= 15 is 0 Å². The van der Waals surface area contributed by atoms with Gasteiger partial charge in [-0.15, -0.1) is 0 Å². The smallest absolute Gasteiger partial charge is 0.254 e. The van der Waals surface area contributed by atoms with Crippen molar-refractivity contribution in [1.29, 1.82) is 0 Å². The fraction of sp³-hybridized carbons (Fsp3) is 0.533. The number of rotatable bonds is 3. The minimum absolute atomic E-state index is 0.118. The van der Waals surface area contributed by atoms with E-state index in [9.17, 15) is 4.79 Å². The second-order valence-electron chi connectivity index (χ2n) is 5.09.